The molecule has 0 amide bonds. The van der Waals surface area contributed by atoms with Gasteiger partial charge in [0, 0.05) is 18.0 Å². The highest BCUT2D eigenvalue weighted by atomic mass is 32.1. The second-order valence-corrected chi connectivity index (χ2v) is 7.16. The molecule has 114 valence electrons. The fourth-order valence-corrected chi connectivity index (χ4v) is 4.09. The Balaban J connectivity index is 1.93. The van der Waals surface area contributed by atoms with Crippen LogP contribution >= 0.6 is 11.3 Å². The summed E-state index contributed by atoms with van der Waals surface area (Å²) in [6.07, 6.45) is 6.21. The quantitative estimate of drug-likeness (QED) is 0.885. The zero-order chi connectivity index (χ0) is 14.8. The second-order valence-electron chi connectivity index (χ2n) is 6.04. The first-order valence-electron chi connectivity index (χ1n) is 7.94. The van der Waals surface area contributed by atoms with Crippen LogP contribution in [0, 0.1) is 5.92 Å². The molecule has 4 nitrogen and oxygen atoms in total. The van der Waals surface area contributed by atoms with Gasteiger partial charge in [-0.05, 0) is 31.2 Å². The number of fused-ring (bicyclic) bond motifs is 1. The van der Waals surface area contributed by atoms with Crippen LogP contribution < -0.4 is 10.6 Å². The lowest BCUT2D eigenvalue weighted by Gasteiger charge is -2.28. The molecular formula is C16H24N4S. The number of rotatable bonds is 4. The van der Waals surface area contributed by atoms with Crippen LogP contribution in [0.2, 0.25) is 0 Å². The zero-order valence-corrected chi connectivity index (χ0v) is 13.9. The van der Waals surface area contributed by atoms with Crippen molar-refractivity contribution < 1.29 is 0 Å². The van der Waals surface area contributed by atoms with E-state index in [9.17, 15) is 0 Å². The molecule has 1 aliphatic carbocycles. The Labute approximate surface area is 130 Å². The molecule has 21 heavy (non-hydrogen) atoms. The number of hydrogen-bond acceptors (Lipinski definition) is 5. The van der Waals surface area contributed by atoms with Gasteiger partial charge in [-0.1, -0.05) is 26.7 Å². The van der Waals surface area contributed by atoms with Gasteiger partial charge in [-0.2, -0.15) is 4.98 Å². The number of aromatic nitrogens is 2. The van der Waals surface area contributed by atoms with E-state index in [0.29, 0.717) is 12.0 Å². The van der Waals surface area contributed by atoms with Gasteiger partial charge >= 0.3 is 0 Å². The zero-order valence-electron chi connectivity index (χ0n) is 13.1. The number of aryl methyl sites for hydroxylation is 1. The summed E-state index contributed by atoms with van der Waals surface area (Å²) in [4.78, 5) is 11.7. The highest BCUT2D eigenvalue weighted by molar-refractivity contribution is 7.18. The third kappa shape index (κ3) is 3.12. The minimum Gasteiger partial charge on any atom is -0.367 e. The first kappa shape index (κ1) is 14.6. The largest absolute Gasteiger partial charge is 0.367 e. The van der Waals surface area contributed by atoms with E-state index in [1.54, 1.807) is 11.3 Å². The van der Waals surface area contributed by atoms with Crippen molar-refractivity contribution in [1.29, 1.82) is 0 Å². The van der Waals surface area contributed by atoms with E-state index in [1.165, 1.54) is 35.9 Å². The predicted molar refractivity (Wildman–Crippen MR) is 91.4 cm³/mol. The number of thiophene rings is 1. The Morgan fingerprint density at radius 2 is 2.19 bits per heavy atom. The average Bonchev–Trinajstić information content (AvgIpc) is 2.90. The molecule has 3 rings (SSSR count). The summed E-state index contributed by atoms with van der Waals surface area (Å²) in [5.41, 5.74) is 0. The average molecular weight is 304 g/mol. The minimum absolute atomic E-state index is 0.543. The van der Waals surface area contributed by atoms with Crippen LogP contribution in [0.1, 0.15) is 44.4 Å². The Morgan fingerprint density at radius 1 is 1.33 bits per heavy atom. The smallest absolute Gasteiger partial charge is 0.225 e. The van der Waals surface area contributed by atoms with E-state index in [-0.39, 0.29) is 0 Å². The minimum atomic E-state index is 0.543. The van der Waals surface area contributed by atoms with Crippen LogP contribution in [0.25, 0.3) is 10.2 Å². The maximum Gasteiger partial charge on any atom is 0.225 e. The van der Waals surface area contributed by atoms with Crippen LogP contribution in [0.4, 0.5) is 11.8 Å². The highest BCUT2D eigenvalue weighted by Crippen LogP contribution is 2.32. The Hall–Kier alpha value is -1.36. The molecule has 0 spiro atoms. The van der Waals surface area contributed by atoms with E-state index >= 15 is 0 Å². The van der Waals surface area contributed by atoms with Crippen LogP contribution in [0.5, 0.6) is 0 Å². The molecule has 5 heteroatoms. The van der Waals surface area contributed by atoms with Gasteiger partial charge in [0.05, 0.1) is 5.39 Å². The Morgan fingerprint density at radius 3 is 2.90 bits per heavy atom. The van der Waals surface area contributed by atoms with E-state index in [2.05, 4.69) is 40.5 Å². The van der Waals surface area contributed by atoms with Gasteiger partial charge in [0.15, 0.2) is 0 Å². The monoisotopic (exact) mass is 304 g/mol. The standard InChI is InChI=1S/C16H24N4S/c1-4-12-9-13-14(18-11-7-5-6-10(2)8-11)19-16(17-3)20-15(13)21-12/h9-11H,4-8H2,1-3H3,(H2,17,18,19,20). The first-order chi connectivity index (χ1) is 10.2. The summed E-state index contributed by atoms with van der Waals surface area (Å²) in [6.45, 7) is 4.54. The van der Waals surface area contributed by atoms with E-state index in [4.69, 9.17) is 0 Å². The van der Waals surface area contributed by atoms with Crippen LogP contribution in [-0.2, 0) is 6.42 Å². The number of nitrogens with zero attached hydrogens (tertiary/aromatic N) is 2. The predicted octanol–water partition coefficient (Wildman–Crippen LogP) is 4.29. The molecule has 1 saturated carbocycles. The fourth-order valence-electron chi connectivity index (χ4n) is 3.13. The molecule has 2 unspecified atom stereocenters. The Kier molecular flexibility index (Phi) is 4.29. The molecule has 1 fully saturated rings. The maximum atomic E-state index is 4.66. The van der Waals surface area contributed by atoms with Gasteiger partial charge in [-0.25, -0.2) is 4.98 Å². The number of anilines is 2. The molecule has 0 saturated heterocycles. The number of nitrogens with one attached hydrogen (secondary N) is 2. The van der Waals surface area contributed by atoms with Gasteiger partial charge in [-0.3, -0.25) is 0 Å². The Bertz CT molecular complexity index is 622. The molecule has 2 heterocycles. The van der Waals surface area contributed by atoms with Gasteiger partial charge in [0.25, 0.3) is 0 Å². The van der Waals surface area contributed by atoms with Gasteiger partial charge in [-0.15, -0.1) is 11.3 Å². The van der Waals surface area contributed by atoms with Crippen molar-refractivity contribution in [2.24, 2.45) is 5.92 Å². The molecule has 2 atom stereocenters. The lowest BCUT2D eigenvalue weighted by atomic mass is 9.87. The summed E-state index contributed by atoms with van der Waals surface area (Å²) in [7, 11) is 1.88. The molecule has 2 N–H and O–H groups in total. The van der Waals surface area contributed by atoms with Crippen molar-refractivity contribution in [3.63, 3.8) is 0 Å². The molecule has 1 aliphatic rings. The third-order valence-electron chi connectivity index (χ3n) is 4.29. The molecular weight excluding hydrogens is 280 g/mol. The highest BCUT2D eigenvalue weighted by Gasteiger charge is 2.20. The van der Waals surface area contributed by atoms with Crippen LogP contribution in [0.15, 0.2) is 6.07 Å². The summed E-state index contributed by atoms with van der Waals surface area (Å²) in [5, 5.41) is 7.93. The lowest BCUT2D eigenvalue weighted by Crippen LogP contribution is -2.26. The molecule has 2 aromatic heterocycles. The van der Waals surface area contributed by atoms with E-state index in [1.807, 2.05) is 7.05 Å². The molecule has 0 radical (unpaired) electrons. The van der Waals surface area contributed by atoms with Gasteiger partial charge in [0.1, 0.15) is 10.6 Å². The molecule has 0 aliphatic heterocycles. The van der Waals surface area contributed by atoms with Crippen molar-refractivity contribution in [2.45, 2.75) is 52.0 Å². The first-order valence-corrected chi connectivity index (χ1v) is 8.76. The summed E-state index contributed by atoms with van der Waals surface area (Å²) in [5.74, 6) is 2.52. The van der Waals surface area contributed by atoms with E-state index in [0.717, 1.165) is 23.0 Å². The van der Waals surface area contributed by atoms with Crippen LogP contribution in [-0.4, -0.2) is 23.1 Å². The normalized spacial score (nSPS) is 22.4. The van der Waals surface area contributed by atoms with Crippen LogP contribution in [0.3, 0.4) is 0 Å². The van der Waals surface area contributed by atoms with Gasteiger partial charge < -0.3 is 10.6 Å². The maximum absolute atomic E-state index is 4.66. The summed E-state index contributed by atoms with van der Waals surface area (Å²) in [6, 6.07) is 2.79. The van der Waals surface area contributed by atoms with Crippen molar-refractivity contribution in [1.82, 2.24) is 9.97 Å². The number of hydrogen-bond donors (Lipinski definition) is 2. The van der Waals surface area contributed by atoms with Crippen molar-refractivity contribution in [2.75, 3.05) is 17.7 Å². The van der Waals surface area contributed by atoms with Crippen molar-refractivity contribution >= 4 is 33.3 Å². The van der Waals surface area contributed by atoms with Crippen molar-refractivity contribution in [3.05, 3.63) is 10.9 Å². The second kappa shape index (κ2) is 6.18. The van der Waals surface area contributed by atoms with E-state index < -0.39 is 0 Å². The molecule has 0 bridgehead atoms. The molecule has 2 aromatic rings. The summed E-state index contributed by atoms with van der Waals surface area (Å²) < 4.78 is 0. The lowest BCUT2D eigenvalue weighted by molar-refractivity contribution is 0.358. The third-order valence-corrected chi connectivity index (χ3v) is 5.47. The topological polar surface area (TPSA) is 49.8 Å². The fraction of sp³-hybridized carbons (Fsp3) is 0.625. The van der Waals surface area contributed by atoms with Gasteiger partial charge in [0.2, 0.25) is 5.95 Å². The summed E-state index contributed by atoms with van der Waals surface area (Å²) >= 11 is 1.77. The SMILES string of the molecule is CCc1cc2c(NC3CCCC(C)C3)nc(NC)nc2s1. The molecule has 0 aromatic carbocycles. The van der Waals surface area contributed by atoms with Crippen molar-refractivity contribution in [3.8, 4) is 0 Å².